The van der Waals surface area contributed by atoms with Gasteiger partial charge in [-0.3, -0.25) is 4.40 Å². The Morgan fingerprint density at radius 1 is 1.36 bits per heavy atom. The van der Waals surface area contributed by atoms with Gasteiger partial charge in [-0.15, -0.1) is 11.3 Å². The monoisotopic (exact) mass is 398 g/mol. The molecule has 0 saturated heterocycles. The van der Waals surface area contributed by atoms with Crippen LogP contribution in [0.4, 0.5) is 0 Å². The Hall–Kier alpha value is -1.81. The number of imidazole rings is 1. The van der Waals surface area contributed by atoms with Gasteiger partial charge in [0.1, 0.15) is 18.0 Å². The molecule has 0 unspecified atom stereocenters. The number of aromatic nitrogens is 3. The molecule has 0 fully saturated rings. The summed E-state index contributed by atoms with van der Waals surface area (Å²) in [6, 6.07) is 0. The Morgan fingerprint density at radius 2 is 2.16 bits per heavy atom. The summed E-state index contributed by atoms with van der Waals surface area (Å²) in [6.45, 7) is 0.798. The third-order valence-electron chi connectivity index (χ3n) is 4.01. The highest BCUT2D eigenvalue weighted by molar-refractivity contribution is 7.90. The van der Waals surface area contributed by atoms with Crippen molar-refractivity contribution in [1.29, 1.82) is 0 Å². The van der Waals surface area contributed by atoms with Crippen LogP contribution in [0.5, 0.6) is 0 Å². The number of rotatable bonds is 5. The number of likely N-dealkylation sites (N-methyl/N-ethyl adjacent to an activating group) is 1. The van der Waals surface area contributed by atoms with E-state index in [-0.39, 0.29) is 10.2 Å². The third-order valence-corrected chi connectivity index (χ3v) is 6.84. The highest BCUT2D eigenvalue weighted by atomic mass is 35.5. The van der Waals surface area contributed by atoms with Gasteiger partial charge in [-0.1, -0.05) is 11.6 Å². The summed E-state index contributed by atoms with van der Waals surface area (Å²) in [6.07, 6.45) is 7.01. The average Bonchev–Trinajstić information content (AvgIpc) is 3.23. The first kappa shape index (κ1) is 16.6. The van der Waals surface area contributed by atoms with Gasteiger partial charge in [0.2, 0.25) is 5.03 Å². The van der Waals surface area contributed by atoms with Crippen LogP contribution in [0.1, 0.15) is 5.56 Å². The molecule has 10 heteroatoms. The van der Waals surface area contributed by atoms with Crippen molar-refractivity contribution >= 4 is 48.8 Å². The molecular weight excluding hydrogens is 384 g/mol. The lowest BCUT2D eigenvalue weighted by Gasteiger charge is -2.08. The van der Waals surface area contributed by atoms with Gasteiger partial charge in [-0.05, 0) is 26.1 Å². The summed E-state index contributed by atoms with van der Waals surface area (Å²) in [5.74, 6) is 0. The molecule has 132 valence electrons. The van der Waals surface area contributed by atoms with E-state index in [2.05, 4.69) is 4.98 Å². The Labute approximate surface area is 153 Å². The zero-order valence-electron chi connectivity index (χ0n) is 13.5. The normalized spacial score (nSPS) is 12.8. The van der Waals surface area contributed by atoms with E-state index in [4.69, 9.17) is 16.0 Å². The van der Waals surface area contributed by atoms with E-state index in [1.807, 2.05) is 19.0 Å². The van der Waals surface area contributed by atoms with Gasteiger partial charge in [0.25, 0.3) is 10.0 Å². The molecular formula is C15H15ClN4O3S2. The molecule has 0 atom stereocenters. The summed E-state index contributed by atoms with van der Waals surface area (Å²) in [7, 11) is 0.0250. The number of furan rings is 1. The predicted molar refractivity (Wildman–Crippen MR) is 97.1 cm³/mol. The van der Waals surface area contributed by atoms with Gasteiger partial charge in [-0.25, -0.2) is 8.96 Å². The fourth-order valence-corrected chi connectivity index (χ4v) is 5.58. The Balaban J connectivity index is 1.90. The molecule has 0 saturated carbocycles. The van der Waals surface area contributed by atoms with E-state index in [0.717, 1.165) is 17.5 Å². The number of hydrogen-bond acceptors (Lipinski definition) is 6. The van der Waals surface area contributed by atoms with Gasteiger partial charge in [0, 0.05) is 29.7 Å². The van der Waals surface area contributed by atoms with Crippen LogP contribution in [-0.2, 0) is 16.4 Å². The van der Waals surface area contributed by atoms with E-state index >= 15 is 0 Å². The van der Waals surface area contributed by atoms with Crippen molar-refractivity contribution in [1.82, 2.24) is 18.3 Å². The highest BCUT2D eigenvalue weighted by Gasteiger charge is 2.29. The molecule has 0 aliphatic rings. The number of fused-ring (bicyclic) bond motifs is 2. The van der Waals surface area contributed by atoms with E-state index in [9.17, 15) is 8.42 Å². The average molecular weight is 399 g/mol. The lowest BCUT2D eigenvalue weighted by atomic mass is 10.2. The molecule has 0 spiro atoms. The minimum absolute atomic E-state index is 0.0352. The predicted octanol–water partition coefficient (Wildman–Crippen LogP) is 2.94. The minimum Gasteiger partial charge on any atom is -0.470 e. The molecule has 4 aromatic rings. The summed E-state index contributed by atoms with van der Waals surface area (Å²) in [5.41, 5.74) is 1.40. The molecule has 0 amide bonds. The lowest BCUT2D eigenvalue weighted by molar-refractivity contribution is 0.414. The molecule has 4 heterocycles. The summed E-state index contributed by atoms with van der Waals surface area (Å²) in [4.78, 5) is 6.70. The van der Waals surface area contributed by atoms with Crippen molar-refractivity contribution in [2.24, 2.45) is 0 Å². The van der Waals surface area contributed by atoms with Crippen molar-refractivity contribution in [3.63, 3.8) is 0 Å². The maximum atomic E-state index is 13.3. The largest absolute Gasteiger partial charge is 0.470 e. The van der Waals surface area contributed by atoms with Crippen LogP contribution in [0.25, 0.3) is 15.9 Å². The summed E-state index contributed by atoms with van der Waals surface area (Å²) >= 11 is 7.46. The number of hydrogen-bond donors (Lipinski definition) is 0. The summed E-state index contributed by atoms with van der Waals surface area (Å²) < 4.78 is 34.5. The van der Waals surface area contributed by atoms with Gasteiger partial charge < -0.3 is 9.32 Å². The SMILES string of the molecule is CN(C)CCc1cn(S(=O)(=O)c2c(Cl)nc3sccn23)c2cocc12. The quantitative estimate of drug-likeness (QED) is 0.516. The van der Waals surface area contributed by atoms with Crippen molar-refractivity contribution in [2.45, 2.75) is 11.4 Å². The smallest absolute Gasteiger partial charge is 0.287 e. The number of thiazole rings is 1. The van der Waals surface area contributed by atoms with Crippen LogP contribution >= 0.6 is 22.9 Å². The van der Waals surface area contributed by atoms with E-state index in [1.54, 1.807) is 24.0 Å². The van der Waals surface area contributed by atoms with Gasteiger partial charge in [0.15, 0.2) is 10.1 Å². The summed E-state index contributed by atoms with van der Waals surface area (Å²) in [5, 5.41) is 2.48. The molecule has 0 radical (unpaired) electrons. The fraction of sp³-hybridized carbons (Fsp3) is 0.267. The molecule has 7 nitrogen and oxygen atoms in total. The zero-order valence-corrected chi connectivity index (χ0v) is 15.9. The van der Waals surface area contributed by atoms with Gasteiger partial charge in [0.05, 0.1) is 0 Å². The van der Waals surface area contributed by atoms with Crippen molar-refractivity contribution < 1.29 is 12.8 Å². The number of nitrogens with zero attached hydrogens (tertiary/aromatic N) is 4. The second-order valence-electron chi connectivity index (χ2n) is 5.94. The van der Waals surface area contributed by atoms with Gasteiger partial charge >= 0.3 is 0 Å². The number of halogens is 1. The molecule has 0 bridgehead atoms. The van der Waals surface area contributed by atoms with Crippen LogP contribution in [-0.4, -0.2) is 47.3 Å². The zero-order chi connectivity index (χ0) is 17.8. The fourth-order valence-electron chi connectivity index (χ4n) is 2.79. The van der Waals surface area contributed by atoms with Crippen molar-refractivity contribution in [2.75, 3.05) is 20.6 Å². The molecule has 0 N–H and O–H groups in total. The highest BCUT2D eigenvalue weighted by Crippen LogP contribution is 2.31. The molecule has 0 aliphatic carbocycles. The molecule has 4 rings (SSSR count). The Kier molecular flexibility index (Phi) is 3.91. The molecule has 25 heavy (non-hydrogen) atoms. The first-order chi connectivity index (χ1) is 11.9. The van der Waals surface area contributed by atoms with Crippen LogP contribution in [0, 0.1) is 0 Å². The molecule has 0 aliphatic heterocycles. The molecule has 0 aromatic carbocycles. The van der Waals surface area contributed by atoms with E-state index in [1.165, 1.54) is 26.0 Å². The maximum absolute atomic E-state index is 13.3. The minimum atomic E-state index is -3.92. The second-order valence-corrected chi connectivity index (χ2v) is 8.90. The Morgan fingerprint density at radius 3 is 2.92 bits per heavy atom. The molecule has 4 aromatic heterocycles. The van der Waals surface area contributed by atoms with Gasteiger partial charge in [-0.2, -0.15) is 8.42 Å². The van der Waals surface area contributed by atoms with Crippen LogP contribution in [0.3, 0.4) is 0 Å². The maximum Gasteiger partial charge on any atom is 0.287 e. The van der Waals surface area contributed by atoms with E-state index in [0.29, 0.717) is 16.9 Å². The first-order valence-electron chi connectivity index (χ1n) is 7.47. The van der Waals surface area contributed by atoms with Crippen LogP contribution in [0.2, 0.25) is 5.15 Å². The Bertz CT molecular complexity index is 1170. The van der Waals surface area contributed by atoms with Crippen molar-refractivity contribution in [3.05, 3.63) is 41.0 Å². The van der Waals surface area contributed by atoms with E-state index < -0.39 is 10.0 Å². The first-order valence-corrected chi connectivity index (χ1v) is 10.2. The lowest BCUT2D eigenvalue weighted by Crippen LogP contribution is -2.16. The van der Waals surface area contributed by atoms with Crippen LogP contribution < -0.4 is 0 Å². The van der Waals surface area contributed by atoms with Crippen LogP contribution in [0.15, 0.2) is 39.7 Å². The second kappa shape index (κ2) is 5.87. The van der Waals surface area contributed by atoms with Crippen molar-refractivity contribution in [3.8, 4) is 0 Å². The third kappa shape index (κ3) is 2.58. The topological polar surface area (TPSA) is 72.8 Å². The standard InChI is InChI=1S/C15H15ClN4O3S2/c1-18(2)4-3-10-7-20(12-9-23-8-11(10)12)25(21,22)14-13(16)17-15-19(14)5-6-24-15/h5-9H,3-4H2,1-2H3.